The van der Waals surface area contributed by atoms with E-state index in [0.29, 0.717) is 30.2 Å². The zero-order valence-corrected chi connectivity index (χ0v) is 17.8. The second kappa shape index (κ2) is 9.80. The van der Waals surface area contributed by atoms with Crippen LogP contribution in [-0.2, 0) is 17.9 Å². The van der Waals surface area contributed by atoms with E-state index in [0.717, 1.165) is 22.5 Å². The molecule has 162 valence electrons. The predicted molar refractivity (Wildman–Crippen MR) is 116 cm³/mol. The Morgan fingerprint density at radius 1 is 1.10 bits per heavy atom. The third kappa shape index (κ3) is 5.42. The summed E-state index contributed by atoms with van der Waals surface area (Å²) in [5, 5.41) is 7.55. The van der Waals surface area contributed by atoms with Gasteiger partial charge in [-0.1, -0.05) is 30.3 Å². The molecule has 0 saturated heterocycles. The summed E-state index contributed by atoms with van der Waals surface area (Å²) in [6.07, 6.45) is 0. The van der Waals surface area contributed by atoms with Gasteiger partial charge in [0.1, 0.15) is 0 Å². The maximum atomic E-state index is 12.7. The maximum absolute atomic E-state index is 12.7. The molecule has 8 heteroatoms. The second-order valence-electron chi connectivity index (χ2n) is 7.10. The largest absolute Gasteiger partial charge is 0.493 e. The van der Waals surface area contributed by atoms with E-state index >= 15 is 0 Å². The summed E-state index contributed by atoms with van der Waals surface area (Å²) in [4.78, 5) is 23.6. The Kier molecular flexibility index (Phi) is 6.92. The van der Waals surface area contributed by atoms with Gasteiger partial charge in [-0.15, -0.1) is 0 Å². The fraction of sp³-hybridized carbons (Fsp3) is 0.261. The monoisotopic (exact) mass is 422 g/mol. The van der Waals surface area contributed by atoms with E-state index in [1.54, 1.807) is 18.2 Å². The Balaban J connectivity index is 1.68. The van der Waals surface area contributed by atoms with E-state index in [-0.39, 0.29) is 12.5 Å². The van der Waals surface area contributed by atoms with Crippen molar-refractivity contribution >= 4 is 11.8 Å². The molecule has 1 heterocycles. The van der Waals surface area contributed by atoms with Gasteiger partial charge in [0.05, 0.1) is 19.3 Å². The lowest BCUT2D eigenvalue weighted by Crippen LogP contribution is -2.23. The number of aryl methyl sites for hydroxylation is 1. The summed E-state index contributed by atoms with van der Waals surface area (Å²) in [5.74, 6) is -0.166. The topological polar surface area (TPSA) is 108 Å². The van der Waals surface area contributed by atoms with Crippen LogP contribution < -0.4 is 20.5 Å². The first kappa shape index (κ1) is 21.9. The molecule has 0 radical (unpaired) electrons. The minimum atomic E-state index is -0.595. The number of hydrogen-bond donors (Lipinski definition) is 2. The molecule has 3 N–H and O–H groups in total. The predicted octanol–water partition coefficient (Wildman–Crippen LogP) is 2.35. The Morgan fingerprint density at radius 2 is 1.84 bits per heavy atom. The number of hydrogen-bond acceptors (Lipinski definition) is 5. The smallest absolute Gasteiger partial charge is 0.255 e. The van der Waals surface area contributed by atoms with Gasteiger partial charge in [-0.25, -0.2) is 0 Å². The lowest BCUT2D eigenvalue weighted by molar-refractivity contribution is -0.119. The zero-order chi connectivity index (χ0) is 22.4. The van der Waals surface area contributed by atoms with Crippen LogP contribution in [0, 0.1) is 13.8 Å². The molecule has 0 saturated carbocycles. The molecule has 0 bridgehead atoms. The van der Waals surface area contributed by atoms with E-state index in [4.69, 9.17) is 15.2 Å². The van der Waals surface area contributed by atoms with Crippen molar-refractivity contribution in [3.8, 4) is 11.5 Å². The Labute approximate surface area is 181 Å². The van der Waals surface area contributed by atoms with Gasteiger partial charge >= 0.3 is 0 Å². The molecule has 3 rings (SSSR count). The highest BCUT2D eigenvalue weighted by molar-refractivity contribution is 5.94. The third-order valence-corrected chi connectivity index (χ3v) is 4.93. The van der Waals surface area contributed by atoms with E-state index in [2.05, 4.69) is 22.5 Å². The summed E-state index contributed by atoms with van der Waals surface area (Å²) in [6, 6.07) is 14.8. The zero-order valence-electron chi connectivity index (χ0n) is 17.8. The number of amides is 2. The van der Waals surface area contributed by atoms with Crippen LogP contribution in [-0.4, -0.2) is 35.3 Å². The van der Waals surface area contributed by atoms with Crippen LogP contribution in [0.5, 0.6) is 11.5 Å². The second-order valence-corrected chi connectivity index (χ2v) is 7.10. The minimum absolute atomic E-state index is 0.255. The number of ether oxygens (including phenoxy) is 2. The van der Waals surface area contributed by atoms with Gasteiger partial charge in [0.25, 0.3) is 11.8 Å². The molecule has 0 unspecified atom stereocenters. The van der Waals surface area contributed by atoms with Crippen LogP contribution in [0.25, 0.3) is 0 Å². The van der Waals surface area contributed by atoms with E-state index in [1.165, 1.54) is 7.11 Å². The molecule has 0 fully saturated rings. The number of benzene rings is 2. The van der Waals surface area contributed by atoms with Crippen LogP contribution in [0.2, 0.25) is 0 Å². The van der Waals surface area contributed by atoms with Crippen LogP contribution in [0.15, 0.2) is 48.5 Å². The van der Waals surface area contributed by atoms with Gasteiger partial charge in [-0.05, 0) is 37.6 Å². The van der Waals surface area contributed by atoms with Gasteiger partial charge in [0.15, 0.2) is 18.1 Å². The van der Waals surface area contributed by atoms with Crippen LogP contribution >= 0.6 is 0 Å². The first-order valence-corrected chi connectivity index (χ1v) is 9.83. The van der Waals surface area contributed by atoms with Crippen molar-refractivity contribution in [2.24, 2.45) is 5.73 Å². The molecular weight excluding hydrogens is 396 g/mol. The number of carbonyl (C=O) groups is 2. The molecule has 0 aliphatic heterocycles. The highest BCUT2D eigenvalue weighted by Crippen LogP contribution is 2.28. The average Bonchev–Trinajstić information content (AvgIpc) is 3.03. The van der Waals surface area contributed by atoms with Crippen molar-refractivity contribution in [1.29, 1.82) is 0 Å². The van der Waals surface area contributed by atoms with Crippen LogP contribution in [0.4, 0.5) is 0 Å². The number of nitrogens with one attached hydrogen (secondary N) is 1. The highest BCUT2D eigenvalue weighted by atomic mass is 16.5. The van der Waals surface area contributed by atoms with Crippen molar-refractivity contribution in [2.75, 3.05) is 13.7 Å². The Bertz CT molecular complexity index is 1080. The number of methoxy groups -OCH3 is 1. The summed E-state index contributed by atoms with van der Waals surface area (Å²) in [6.45, 7) is 4.69. The number of carbonyl (C=O) groups excluding carboxylic acids is 2. The lowest BCUT2D eigenvalue weighted by Gasteiger charge is -2.12. The van der Waals surface area contributed by atoms with Crippen LogP contribution in [0.3, 0.4) is 0 Å². The van der Waals surface area contributed by atoms with Crippen molar-refractivity contribution in [3.63, 3.8) is 0 Å². The Hall–Kier alpha value is -3.81. The standard InChI is InChI=1S/C23H26N4O4/c1-15-19(16(2)27(26-15)13-17-7-5-4-6-8-17)12-25-23(29)18-9-10-20(21(11-18)30-3)31-14-22(24)28/h4-11H,12-14H2,1-3H3,(H2,24,28)(H,25,29). The quantitative estimate of drug-likeness (QED) is 0.550. The molecule has 0 spiro atoms. The normalized spacial score (nSPS) is 10.5. The highest BCUT2D eigenvalue weighted by Gasteiger charge is 2.15. The molecule has 31 heavy (non-hydrogen) atoms. The summed E-state index contributed by atoms with van der Waals surface area (Å²) >= 11 is 0. The average molecular weight is 422 g/mol. The molecular formula is C23H26N4O4. The van der Waals surface area contributed by atoms with Gasteiger partial charge in [-0.3, -0.25) is 14.3 Å². The van der Waals surface area contributed by atoms with E-state index in [1.807, 2.05) is 36.7 Å². The van der Waals surface area contributed by atoms with Crippen molar-refractivity contribution in [1.82, 2.24) is 15.1 Å². The van der Waals surface area contributed by atoms with Gasteiger partial charge in [-0.2, -0.15) is 5.10 Å². The number of nitrogens with zero attached hydrogens (tertiary/aromatic N) is 2. The molecule has 1 aromatic heterocycles. The van der Waals surface area contributed by atoms with Crippen molar-refractivity contribution in [3.05, 3.63) is 76.6 Å². The first-order chi connectivity index (χ1) is 14.9. The van der Waals surface area contributed by atoms with E-state index in [9.17, 15) is 9.59 Å². The molecule has 2 aromatic carbocycles. The number of rotatable bonds is 9. The third-order valence-electron chi connectivity index (χ3n) is 4.93. The molecule has 2 amide bonds. The van der Waals surface area contributed by atoms with Gasteiger partial charge < -0.3 is 20.5 Å². The number of primary amides is 1. The summed E-state index contributed by atoms with van der Waals surface area (Å²) in [5.41, 5.74) is 9.54. The number of aromatic nitrogens is 2. The van der Waals surface area contributed by atoms with E-state index < -0.39 is 5.91 Å². The lowest BCUT2D eigenvalue weighted by atomic mass is 10.1. The molecule has 0 aliphatic carbocycles. The minimum Gasteiger partial charge on any atom is -0.493 e. The van der Waals surface area contributed by atoms with Crippen molar-refractivity contribution in [2.45, 2.75) is 26.9 Å². The fourth-order valence-corrected chi connectivity index (χ4v) is 3.25. The number of nitrogens with two attached hydrogens (primary N) is 1. The Morgan fingerprint density at radius 3 is 2.52 bits per heavy atom. The van der Waals surface area contributed by atoms with Crippen molar-refractivity contribution < 1.29 is 19.1 Å². The molecule has 8 nitrogen and oxygen atoms in total. The maximum Gasteiger partial charge on any atom is 0.255 e. The molecule has 0 aliphatic rings. The van der Waals surface area contributed by atoms with Gasteiger partial charge in [0.2, 0.25) is 0 Å². The molecule has 3 aromatic rings. The van der Waals surface area contributed by atoms with Crippen LogP contribution in [0.1, 0.15) is 32.9 Å². The summed E-state index contributed by atoms with van der Waals surface area (Å²) < 4.78 is 12.5. The van der Waals surface area contributed by atoms with Gasteiger partial charge in [0, 0.05) is 23.4 Å². The molecule has 0 atom stereocenters. The fourth-order valence-electron chi connectivity index (χ4n) is 3.25. The SMILES string of the molecule is COc1cc(C(=O)NCc2c(C)nn(Cc3ccccc3)c2C)ccc1OCC(N)=O. The summed E-state index contributed by atoms with van der Waals surface area (Å²) in [7, 11) is 1.46. The first-order valence-electron chi connectivity index (χ1n) is 9.83.